The summed E-state index contributed by atoms with van der Waals surface area (Å²) in [5.74, 6) is 1.06. The zero-order valence-electron chi connectivity index (χ0n) is 17.9. The van der Waals surface area contributed by atoms with Crippen molar-refractivity contribution < 1.29 is 20.4 Å². The van der Waals surface area contributed by atoms with Crippen molar-refractivity contribution in [3.8, 4) is 0 Å². The molecule has 0 aromatic heterocycles. The first kappa shape index (κ1) is 31.6. The van der Waals surface area contributed by atoms with Crippen molar-refractivity contribution in [1.82, 2.24) is 0 Å². The van der Waals surface area contributed by atoms with Crippen LogP contribution in [0, 0.1) is 11.8 Å². The summed E-state index contributed by atoms with van der Waals surface area (Å²) in [6.07, 6.45) is 4.40. The first-order chi connectivity index (χ1) is 11.0. The summed E-state index contributed by atoms with van der Waals surface area (Å²) < 4.78 is 0. The molecule has 0 amide bonds. The maximum atomic E-state index is 8.67. The van der Waals surface area contributed by atoms with Crippen LogP contribution in [0.1, 0.15) is 94.4 Å². The van der Waals surface area contributed by atoms with E-state index < -0.39 is 0 Å². The molecule has 0 rings (SSSR count). The molecule has 0 radical (unpaired) electrons. The molecular formula is C20H48O4. The Balaban J connectivity index is -0.000000111. The summed E-state index contributed by atoms with van der Waals surface area (Å²) in [7, 11) is 0. The maximum absolute atomic E-state index is 8.67. The second-order valence-corrected chi connectivity index (χ2v) is 7.00. The summed E-state index contributed by atoms with van der Waals surface area (Å²) in [6, 6.07) is 0. The number of rotatable bonds is 7. The Hall–Kier alpha value is -0.160. The van der Waals surface area contributed by atoms with Crippen molar-refractivity contribution in [1.29, 1.82) is 0 Å². The van der Waals surface area contributed by atoms with E-state index in [0.29, 0.717) is 18.4 Å². The lowest BCUT2D eigenvalue weighted by Crippen LogP contribution is -2.07. The van der Waals surface area contributed by atoms with Gasteiger partial charge in [-0.25, -0.2) is 0 Å². The van der Waals surface area contributed by atoms with E-state index in [1.54, 1.807) is 6.92 Å². The Morgan fingerprint density at radius 3 is 1.08 bits per heavy atom. The van der Waals surface area contributed by atoms with Gasteiger partial charge in [0.15, 0.2) is 0 Å². The topological polar surface area (TPSA) is 80.9 Å². The molecule has 4 nitrogen and oxygen atoms in total. The Bertz CT molecular complexity index is 172. The molecule has 4 N–H and O–H groups in total. The molecule has 4 heteroatoms. The fraction of sp³-hybridized carbons (Fsp3) is 1.00. The Morgan fingerprint density at radius 1 is 0.708 bits per heavy atom. The van der Waals surface area contributed by atoms with Crippen molar-refractivity contribution in [2.45, 2.75) is 113 Å². The van der Waals surface area contributed by atoms with Gasteiger partial charge in [-0.05, 0) is 51.4 Å². The van der Waals surface area contributed by atoms with Gasteiger partial charge in [0.25, 0.3) is 0 Å². The van der Waals surface area contributed by atoms with Crippen molar-refractivity contribution in [2.24, 2.45) is 11.8 Å². The third-order valence-electron chi connectivity index (χ3n) is 3.32. The molecule has 0 heterocycles. The molecule has 2 atom stereocenters. The van der Waals surface area contributed by atoms with Crippen LogP contribution in [-0.2, 0) is 0 Å². The van der Waals surface area contributed by atoms with Crippen LogP contribution in [0.25, 0.3) is 0 Å². The van der Waals surface area contributed by atoms with Gasteiger partial charge >= 0.3 is 0 Å². The minimum absolute atomic E-state index is 0.0648. The summed E-state index contributed by atoms with van der Waals surface area (Å²) in [5.41, 5.74) is 0. The molecule has 152 valence electrons. The molecule has 0 aliphatic rings. The SMILES string of the molecule is CC(C)C(C)O.CC(C)CCO.CCC(O)CC.CCCC(C)O. The van der Waals surface area contributed by atoms with Crippen molar-refractivity contribution in [2.75, 3.05) is 6.61 Å². The highest BCUT2D eigenvalue weighted by molar-refractivity contribution is 4.48. The quantitative estimate of drug-likeness (QED) is 0.548. The molecule has 0 bridgehead atoms. The molecule has 0 saturated carbocycles. The minimum atomic E-state index is -0.148. The third-order valence-corrected chi connectivity index (χ3v) is 3.32. The monoisotopic (exact) mass is 352 g/mol. The number of aliphatic hydroxyl groups is 4. The lowest BCUT2D eigenvalue weighted by atomic mass is 10.1. The maximum Gasteiger partial charge on any atom is 0.0535 e. The van der Waals surface area contributed by atoms with Crippen LogP contribution in [0.2, 0.25) is 0 Å². The number of aliphatic hydroxyl groups excluding tert-OH is 4. The number of hydrogen-bond donors (Lipinski definition) is 4. The van der Waals surface area contributed by atoms with E-state index in [2.05, 4.69) is 20.8 Å². The highest BCUT2D eigenvalue weighted by atomic mass is 16.3. The molecule has 0 aliphatic heterocycles. The van der Waals surface area contributed by atoms with E-state index in [1.807, 2.05) is 34.6 Å². The van der Waals surface area contributed by atoms with Crippen LogP contribution in [0.3, 0.4) is 0 Å². The van der Waals surface area contributed by atoms with Crippen molar-refractivity contribution in [3.05, 3.63) is 0 Å². The van der Waals surface area contributed by atoms with Gasteiger partial charge in [-0.2, -0.15) is 0 Å². The smallest absolute Gasteiger partial charge is 0.0535 e. The summed E-state index contributed by atoms with van der Waals surface area (Å²) in [4.78, 5) is 0. The number of hydrogen-bond acceptors (Lipinski definition) is 4. The highest BCUT2D eigenvalue weighted by Gasteiger charge is 1.97. The molecule has 0 aliphatic carbocycles. The van der Waals surface area contributed by atoms with Crippen LogP contribution in [0.4, 0.5) is 0 Å². The lowest BCUT2D eigenvalue weighted by Gasteiger charge is -2.04. The average molecular weight is 353 g/mol. The zero-order valence-corrected chi connectivity index (χ0v) is 17.9. The van der Waals surface area contributed by atoms with Crippen LogP contribution < -0.4 is 0 Å². The lowest BCUT2D eigenvalue weighted by molar-refractivity contribution is 0.144. The molecular weight excluding hydrogens is 304 g/mol. The zero-order chi connectivity index (χ0) is 20.1. The van der Waals surface area contributed by atoms with Gasteiger partial charge in [0, 0.05) is 6.61 Å². The fourth-order valence-electron chi connectivity index (χ4n) is 0.965. The minimum Gasteiger partial charge on any atom is -0.396 e. The second-order valence-electron chi connectivity index (χ2n) is 7.00. The third kappa shape index (κ3) is 49.5. The predicted molar refractivity (Wildman–Crippen MR) is 106 cm³/mol. The summed E-state index contributed by atoms with van der Waals surface area (Å²) in [5, 5.41) is 34.1. The molecule has 0 spiro atoms. The molecule has 0 aromatic rings. The molecule has 24 heavy (non-hydrogen) atoms. The van der Waals surface area contributed by atoms with Gasteiger partial charge in [-0.1, -0.05) is 54.9 Å². The van der Waals surface area contributed by atoms with Gasteiger partial charge in [-0.3, -0.25) is 0 Å². The van der Waals surface area contributed by atoms with Gasteiger partial charge in [0.1, 0.15) is 0 Å². The molecule has 2 unspecified atom stereocenters. The van der Waals surface area contributed by atoms with Crippen LogP contribution in [0.15, 0.2) is 0 Å². The van der Waals surface area contributed by atoms with Crippen molar-refractivity contribution >= 4 is 0 Å². The Labute approximate surface area is 152 Å². The van der Waals surface area contributed by atoms with E-state index in [9.17, 15) is 0 Å². The normalized spacial score (nSPS) is 12.5. The van der Waals surface area contributed by atoms with E-state index in [1.165, 1.54) is 0 Å². The predicted octanol–water partition coefficient (Wildman–Crippen LogP) is 4.38. The van der Waals surface area contributed by atoms with Crippen LogP contribution in [0.5, 0.6) is 0 Å². The molecule has 0 fully saturated rings. The van der Waals surface area contributed by atoms with Gasteiger partial charge in [0.2, 0.25) is 0 Å². The van der Waals surface area contributed by atoms with Crippen LogP contribution in [-0.4, -0.2) is 45.3 Å². The second kappa shape index (κ2) is 25.1. The standard InChI is InChI=1S/4C5H12O/c1-5(2)3-4-6;1-4(2)5(3)6;1-3-4-5(2)6;1-3-5(6)4-2/h5-6H,3-4H2,1-2H3;4-6H,1-3H3;2*5-6H,3-4H2,1-2H3. The van der Waals surface area contributed by atoms with Gasteiger partial charge < -0.3 is 20.4 Å². The summed E-state index contributed by atoms with van der Waals surface area (Å²) in [6.45, 7) is 18.1. The molecule has 0 aromatic carbocycles. The Morgan fingerprint density at radius 2 is 1.08 bits per heavy atom. The van der Waals surface area contributed by atoms with E-state index in [4.69, 9.17) is 20.4 Å². The van der Waals surface area contributed by atoms with E-state index >= 15 is 0 Å². The first-order valence-electron chi connectivity index (χ1n) is 9.64. The van der Waals surface area contributed by atoms with Gasteiger partial charge in [0.05, 0.1) is 18.3 Å². The average Bonchev–Trinajstić information content (AvgIpc) is 2.47. The van der Waals surface area contributed by atoms with Crippen molar-refractivity contribution in [3.63, 3.8) is 0 Å². The first-order valence-corrected chi connectivity index (χ1v) is 9.64. The fourth-order valence-corrected chi connectivity index (χ4v) is 0.965. The van der Waals surface area contributed by atoms with Crippen LogP contribution >= 0.6 is 0 Å². The van der Waals surface area contributed by atoms with E-state index in [-0.39, 0.29) is 18.3 Å². The largest absolute Gasteiger partial charge is 0.396 e. The Kier molecular flexibility index (Phi) is 33.0. The molecule has 0 saturated heterocycles. The van der Waals surface area contributed by atoms with Gasteiger partial charge in [-0.15, -0.1) is 0 Å². The summed E-state index contributed by atoms with van der Waals surface area (Å²) >= 11 is 0. The van der Waals surface area contributed by atoms with E-state index in [0.717, 1.165) is 32.1 Å². The highest BCUT2D eigenvalue weighted by Crippen LogP contribution is 1.96.